The van der Waals surface area contributed by atoms with E-state index in [1.54, 1.807) is 6.07 Å². The number of rotatable bonds is 6. The van der Waals surface area contributed by atoms with Gasteiger partial charge < -0.3 is 5.32 Å². The third-order valence-corrected chi connectivity index (χ3v) is 4.16. The highest BCUT2D eigenvalue weighted by molar-refractivity contribution is 9.10. The summed E-state index contributed by atoms with van der Waals surface area (Å²) in [4.78, 5) is 0. The maximum Gasteiger partial charge on any atom is 0.124 e. The molecule has 1 N–H and O–H groups in total. The molecule has 0 spiro atoms. The molecule has 0 saturated carbocycles. The summed E-state index contributed by atoms with van der Waals surface area (Å²) in [6.45, 7) is 9.77. The second kappa shape index (κ2) is 6.67. The number of hydrogen-bond acceptors (Lipinski definition) is 1. The molecule has 1 nitrogen and oxygen atoms in total. The van der Waals surface area contributed by atoms with Gasteiger partial charge in [0.15, 0.2) is 0 Å². The van der Waals surface area contributed by atoms with E-state index in [9.17, 15) is 4.39 Å². The molecule has 0 aliphatic carbocycles. The minimum absolute atomic E-state index is 0.191. The zero-order valence-electron chi connectivity index (χ0n) is 11.7. The van der Waals surface area contributed by atoms with Crippen LogP contribution in [0.4, 0.5) is 4.39 Å². The van der Waals surface area contributed by atoms with Crippen LogP contribution in [0, 0.1) is 11.2 Å². The summed E-state index contributed by atoms with van der Waals surface area (Å²) in [5.74, 6) is -0.191. The standard InChI is InChI=1S/C15H23BrFN/c1-5-15(4,10-18-11(2)3)9-12-6-7-13(17)8-14(12)16/h6-8,11,18H,5,9-10H2,1-4H3. The fourth-order valence-electron chi connectivity index (χ4n) is 1.89. The van der Waals surface area contributed by atoms with E-state index in [1.165, 1.54) is 11.6 Å². The topological polar surface area (TPSA) is 12.0 Å². The predicted molar refractivity (Wildman–Crippen MR) is 79.3 cm³/mol. The van der Waals surface area contributed by atoms with Crippen LogP contribution in [0.2, 0.25) is 0 Å². The van der Waals surface area contributed by atoms with Gasteiger partial charge in [0.05, 0.1) is 0 Å². The molecule has 1 aromatic rings. The maximum absolute atomic E-state index is 13.1. The summed E-state index contributed by atoms with van der Waals surface area (Å²) in [6.07, 6.45) is 2.04. The van der Waals surface area contributed by atoms with Gasteiger partial charge in [-0.1, -0.05) is 49.7 Å². The van der Waals surface area contributed by atoms with Crippen molar-refractivity contribution in [3.63, 3.8) is 0 Å². The SMILES string of the molecule is CCC(C)(CNC(C)C)Cc1ccc(F)cc1Br. The summed E-state index contributed by atoms with van der Waals surface area (Å²) in [5.41, 5.74) is 1.37. The molecule has 1 atom stereocenters. The van der Waals surface area contributed by atoms with E-state index in [2.05, 4.69) is 48.9 Å². The maximum atomic E-state index is 13.1. The Bertz CT molecular complexity index is 392. The lowest BCUT2D eigenvalue weighted by Crippen LogP contribution is -2.36. The molecule has 3 heteroatoms. The Hall–Kier alpha value is -0.410. The minimum atomic E-state index is -0.191. The summed E-state index contributed by atoms with van der Waals surface area (Å²) in [6, 6.07) is 5.45. The third-order valence-electron chi connectivity index (χ3n) is 3.42. The van der Waals surface area contributed by atoms with Gasteiger partial charge in [-0.15, -0.1) is 0 Å². The Labute approximate surface area is 118 Å². The van der Waals surface area contributed by atoms with Crippen LogP contribution in [0.5, 0.6) is 0 Å². The molecule has 1 unspecified atom stereocenters. The van der Waals surface area contributed by atoms with Gasteiger partial charge in [0.2, 0.25) is 0 Å². The Morgan fingerprint density at radius 2 is 2.06 bits per heavy atom. The van der Waals surface area contributed by atoms with Crippen molar-refractivity contribution in [3.05, 3.63) is 34.1 Å². The van der Waals surface area contributed by atoms with Crippen LogP contribution in [0.25, 0.3) is 0 Å². The highest BCUT2D eigenvalue weighted by Gasteiger charge is 2.23. The summed E-state index contributed by atoms with van der Waals surface area (Å²) in [5, 5.41) is 3.50. The number of halogens is 2. The first-order chi connectivity index (χ1) is 8.36. The summed E-state index contributed by atoms with van der Waals surface area (Å²) < 4.78 is 13.9. The average molecular weight is 316 g/mol. The largest absolute Gasteiger partial charge is 0.314 e. The quantitative estimate of drug-likeness (QED) is 0.812. The molecule has 0 radical (unpaired) electrons. The van der Waals surface area contributed by atoms with E-state index in [0.717, 1.165) is 23.9 Å². The van der Waals surface area contributed by atoms with Gasteiger partial charge in [0, 0.05) is 17.1 Å². The minimum Gasteiger partial charge on any atom is -0.314 e. The van der Waals surface area contributed by atoms with Crippen LogP contribution in [-0.4, -0.2) is 12.6 Å². The fraction of sp³-hybridized carbons (Fsp3) is 0.600. The molecule has 0 aromatic heterocycles. The normalized spacial score (nSPS) is 14.8. The van der Waals surface area contributed by atoms with Crippen molar-refractivity contribution < 1.29 is 4.39 Å². The van der Waals surface area contributed by atoms with Crippen molar-refractivity contribution in [3.8, 4) is 0 Å². The molecule has 1 aromatic carbocycles. The zero-order chi connectivity index (χ0) is 13.8. The van der Waals surface area contributed by atoms with Gasteiger partial charge in [-0.2, -0.15) is 0 Å². The number of hydrogen-bond donors (Lipinski definition) is 1. The molecule has 18 heavy (non-hydrogen) atoms. The van der Waals surface area contributed by atoms with E-state index in [0.29, 0.717) is 6.04 Å². The Kier molecular flexibility index (Phi) is 5.80. The predicted octanol–water partition coefficient (Wildman–Crippen LogP) is 4.55. The monoisotopic (exact) mass is 315 g/mol. The van der Waals surface area contributed by atoms with Crippen LogP contribution in [0.3, 0.4) is 0 Å². The smallest absolute Gasteiger partial charge is 0.124 e. The van der Waals surface area contributed by atoms with Crippen LogP contribution >= 0.6 is 15.9 Å². The van der Waals surface area contributed by atoms with Crippen molar-refractivity contribution in [2.24, 2.45) is 5.41 Å². The molecular formula is C15H23BrFN. The Morgan fingerprint density at radius 3 is 2.56 bits per heavy atom. The fourth-order valence-corrected chi connectivity index (χ4v) is 2.38. The molecule has 0 saturated heterocycles. The number of benzene rings is 1. The van der Waals surface area contributed by atoms with Crippen molar-refractivity contribution >= 4 is 15.9 Å². The van der Waals surface area contributed by atoms with Crippen LogP contribution < -0.4 is 5.32 Å². The molecule has 0 aliphatic heterocycles. The lowest BCUT2D eigenvalue weighted by atomic mass is 9.81. The van der Waals surface area contributed by atoms with Gasteiger partial charge in [-0.05, 0) is 36.0 Å². The van der Waals surface area contributed by atoms with E-state index in [1.807, 2.05) is 6.07 Å². The Morgan fingerprint density at radius 1 is 1.39 bits per heavy atom. The second-order valence-corrected chi connectivity index (χ2v) is 6.47. The molecule has 0 aliphatic rings. The third kappa shape index (κ3) is 4.69. The molecule has 0 heterocycles. The lowest BCUT2D eigenvalue weighted by Gasteiger charge is -2.30. The van der Waals surface area contributed by atoms with Crippen molar-refractivity contribution in [1.29, 1.82) is 0 Å². The van der Waals surface area contributed by atoms with Crippen molar-refractivity contribution in [2.45, 2.75) is 46.6 Å². The van der Waals surface area contributed by atoms with Crippen molar-refractivity contribution in [2.75, 3.05) is 6.54 Å². The van der Waals surface area contributed by atoms with Gasteiger partial charge >= 0.3 is 0 Å². The van der Waals surface area contributed by atoms with E-state index >= 15 is 0 Å². The molecular weight excluding hydrogens is 293 g/mol. The first-order valence-electron chi connectivity index (χ1n) is 6.53. The zero-order valence-corrected chi connectivity index (χ0v) is 13.3. The van der Waals surface area contributed by atoms with E-state index in [-0.39, 0.29) is 11.2 Å². The van der Waals surface area contributed by atoms with Crippen LogP contribution in [0.15, 0.2) is 22.7 Å². The van der Waals surface area contributed by atoms with Gasteiger partial charge in [-0.25, -0.2) is 4.39 Å². The summed E-state index contributed by atoms with van der Waals surface area (Å²) >= 11 is 3.45. The van der Waals surface area contributed by atoms with Crippen LogP contribution in [0.1, 0.15) is 39.7 Å². The van der Waals surface area contributed by atoms with Gasteiger partial charge in [0.1, 0.15) is 5.82 Å². The van der Waals surface area contributed by atoms with Crippen LogP contribution in [-0.2, 0) is 6.42 Å². The molecule has 0 fully saturated rings. The van der Waals surface area contributed by atoms with E-state index in [4.69, 9.17) is 0 Å². The number of nitrogens with one attached hydrogen (secondary N) is 1. The second-order valence-electron chi connectivity index (χ2n) is 5.61. The summed E-state index contributed by atoms with van der Waals surface area (Å²) in [7, 11) is 0. The first-order valence-corrected chi connectivity index (χ1v) is 7.33. The average Bonchev–Trinajstić information content (AvgIpc) is 2.30. The molecule has 0 amide bonds. The van der Waals surface area contributed by atoms with E-state index < -0.39 is 0 Å². The van der Waals surface area contributed by atoms with Crippen molar-refractivity contribution in [1.82, 2.24) is 5.32 Å². The lowest BCUT2D eigenvalue weighted by molar-refractivity contribution is 0.280. The Balaban J connectivity index is 2.77. The van der Waals surface area contributed by atoms with Gasteiger partial charge in [0.25, 0.3) is 0 Å². The highest BCUT2D eigenvalue weighted by atomic mass is 79.9. The molecule has 0 bridgehead atoms. The highest BCUT2D eigenvalue weighted by Crippen LogP contribution is 2.30. The molecule has 102 valence electrons. The molecule has 1 rings (SSSR count). The van der Waals surface area contributed by atoms with Gasteiger partial charge in [-0.3, -0.25) is 0 Å². The first kappa shape index (κ1) is 15.6.